The number of nitrogens with one attached hydrogen (secondary N) is 1. The molecule has 6 nitrogen and oxygen atoms in total. The normalized spacial score (nSPS) is 12.0. The summed E-state index contributed by atoms with van der Waals surface area (Å²) in [4.78, 5) is 13.4. The van der Waals surface area contributed by atoms with Crippen molar-refractivity contribution in [2.75, 3.05) is 39.7 Å². The van der Waals surface area contributed by atoms with Crippen LogP contribution in [0.25, 0.3) is 0 Å². The van der Waals surface area contributed by atoms with E-state index in [0.717, 1.165) is 5.56 Å². The zero-order chi connectivity index (χ0) is 15.0. The standard InChI is InChI=1S/C14H22N2O4/c1-16(8-13(17)10-20-3)14(18)15-12-6-4-5-11(7-12)9-19-2/h4-7,13,17H,8-10H2,1-3H3,(H,15,18)/t13-/m1/s1. The van der Waals surface area contributed by atoms with Gasteiger partial charge in [-0.2, -0.15) is 0 Å². The van der Waals surface area contributed by atoms with Gasteiger partial charge in [0.05, 0.1) is 25.9 Å². The maximum atomic E-state index is 12.0. The lowest BCUT2D eigenvalue weighted by molar-refractivity contribution is 0.0501. The van der Waals surface area contributed by atoms with Crippen molar-refractivity contribution in [1.29, 1.82) is 0 Å². The van der Waals surface area contributed by atoms with Gasteiger partial charge in [0.15, 0.2) is 0 Å². The minimum atomic E-state index is -0.699. The van der Waals surface area contributed by atoms with Crippen LogP contribution in [-0.2, 0) is 16.1 Å². The molecule has 0 saturated heterocycles. The third-order valence-corrected chi connectivity index (χ3v) is 2.68. The molecule has 6 heteroatoms. The zero-order valence-corrected chi connectivity index (χ0v) is 12.1. The van der Waals surface area contributed by atoms with Crippen LogP contribution in [0.3, 0.4) is 0 Å². The first-order valence-corrected chi connectivity index (χ1v) is 6.33. The Labute approximate surface area is 119 Å². The number of hydrogen-bond acceptors (Lipinski definition) is 4. The first-order valence-electron chi connectivity index (χ1n) is 6.33. The van der Waals surface area contributed by atoms with Gasteiger partial charge in [-0.15, -0.1) is 0 Å². The smallest absolute Gasteiger partial charge is 0.321 e. The Morgan fingerprint density at radius 2 is 2.15 bits per heavy atom. The maximum absolute atomic E-state index is 12.0. The molecule has 112 valence electrons. The molecule has 0 aliphatic carbocycles. The third kappa shape index (κ3) is 5.56. The van der Waals surface area contributed by atoms with Gasteiger partial charge in [-0.05, 0) is 17.7 Å². The van der Waals surface area contributed by atoms with E-state index in [1.807, 2.05) is 18.2 Å². The Balaban J connectivity index is 2.54. The minimum absolute atomic E-state index is 0.195. The van der Waals surface area contributed by atoms with Crippen LogP contribution in [0.15, 0.2) is 24.3 Å². The van der Waals surface area contributed by atoms with E-state index < -0.39 is 6.10 Å². The van der Waals surface area contributed by atoms with E-state index in [9.17, 15) is 9.90 Å². The highest BCUT2D eigenvalue weighted by Gasteiger charge is 2.13. The van der Waals surface area contributed by atoms with Crippen molar-refractivity contribution in [1.82, 2.24) is 4.90 Å². The number of ether oxygens (including phenoxy) is 2. The van der Waals surface area contributed by atoms with Crippen LogP contribution in [0.2, 0.25) is 0 Å². The molecule has 2 amide bonds. The molecule has 0 unspecified atom stereocenters. The molecule has 1 aromatic carbocycles. The van der Waals surface area contributed by atoms with Gasteiger partial charge < -0.3 is 24.8 Å². The molecule has 0 heterocycles. The Hall–Kier alpha value is -1.63. The summed E-state index contributed by atoms with van der Waals surface area (Å²) in [5, 5.41) is 12.4. The first-order chi connectivity index (χ1) is 9.56. The molecule has 1 atom stereocenters. The average Bonchev–Trinajstić information content (AvgIpc) is 2.39. The second-order valence-corrected chi connectivity index (χ2v) is 4.55. The molecule has 0 aliphatic heterocycles. The molecule has 0 radical (unpaired) electrons. The van der Waals surface area contributed by atoms with Crippen LogP contribution in [-0.4, -0.2) is 56.6 Å². The molecule has 0 saturated carbocycles. The number of benzene rings is 1. The molecule has 0 spiro atoms. The van der Waals surface area contributed by atoms with Gasteiger partial charge >= 0.3 is 6.03 Å². The Morgan fingerprint density at radius 1 is 1.40 bits per heavy atom. The number of methoxy groups -OCH3 is 2. The van der Waals surface area contributed by atoms with Crippen LogP contribution < -0.4 is 5.32 Å². The van der Waals surface area contributed by atoms with Crippen molar-refractivity contribution in [3.8, 4) is 0 Å². The van der Waals surface area contributed by atoms with Crippen molar-refractivity contribution in [2.24, 2.45) is 0 Å². The van der Waals surface area contributed by atoms with Crippen molar-refractivity contribution in [3.63, 3.8) is 0 Å². The van der Waals surface area contributed by atoms with Gasteiger partial charge in [0.2, 0.25) is 0 Å². The lowest BCUT2D eigenvalue weighted by Crippen LogP contribution is -2.38. The molecule has 2 N–H and O–H groups in total. The highest BCUT2D eigenvalue weighted by molar-refractivity contribution is 5.89. The fraction of sp³-hybridized carbons (Fsp3) is 0.500. The monoisotopic (exact) mass is 282 g/mol. The van der Waals surface area contributed by atoms with Gasteiger partial charge in [0.1, 0.15) is 0 Å². The number of aliphatic hydroxyl groups excluding tert-OH is 1. The summed E-state index contributed by atoms with van der Waals surface area (Å²) in [7, 11) is 4.74. The van der Waals surface area contributed by atoms with Crippen molar-refractivity contribution in [3.05, 3.63) is 29.8 Å². The Morgan fingerprint density at radius 3 is 2.80 bits per heavy atom. The van der Waals surface area contributed by atoms with Gasteiger partial charge in [0.25, 0.3) is 0 Å². The second kappa shape index (κ2) is 8.52. The lowest BCUT2D eigenvalue weighted by atomic mass is 10.2. The molecule has 1 rings (SSSR count). The number of likely N-dealkylation sites (N-methyl/N-ethyl adjacent to an activating group) is 1. The summed E-state index contributed by atoms with van der Waals surface area (Å²) < 4.78 is 9.87. The highest BCUT2D eigenvalue weighted by Crippen LogP contribution is 2.12. The number of carbonyl (C=O) groups excluding carboxylic acids is 1. The average molecular weight is 282 g/mol. The minimum Gasteiger partial charge on any atom is -0.389 e. The predicted octanol–water partition coefficient (Wildman–Crippen LogP) is 1.30. The molecule has 0 bridgehead atoms. The first kappa shape index (κ1) is 16.4. The van der Waals surface area contributed by atoms with E-state index in [4.69, 9.17) is 9.47 Å². The van der Waals surface area contributed by atoms with Gasteiger partial charge in [-0.25, -0.2) is 4.79 Å². The van der Waals surface area contributed by atoms with Crippen molar-refractivity contribution in [2.45, 2.75) is 12.7 Å². The fourth-order valence-electron chi connectivity index (χ4n) is 1.77. The van der Waals surface area contributed by atoms with E-state index in [-0.39, 0.29) is 19.2 Å². The number of hydrogen-bond donors (Lipinski definition) is 2. The highest BCUT2D eigenvalue weighted by atomic mass is 16.5. The SMILES string of the molecule is COCc1cccc(NC(=O)N(C)C[C@@H](O)COC)c1. The molecular weight excluding hydrogens is 260 g/mol. The number of nitrogens with zero attached hydrogens (tertiary/aromatic N) is 1. The molecule has 0 aromatic heterocycles. The summed E-state index contributed by atoms with van der Waals surface area (Å²) in [6.07, 6.45) is -0.699. The topological polar surface area (TPSA) is 71.0 Å². The second-order valence-electron chi connectivity index (χ2n) is 4.55. The number of amides is 2. The van der Waals surface area contributed by atoms with Crippen molar-refractivity contribution >= 4 is 11.7 Å². The van der Waals surface area contributed by atoms with E-state index in [1.165, 1.54) is 12.0 Å². The predicted molar refractivity (Wildman–Crippen MR) is 76.7 cm³/mol. The lowest BCUT2D eigenvalue weighted by Gasteiger charge is -2.21. The van der Waals surface area contributed by atoms with Gasteiger partial charge in [0, 0.05) is 27.0 Å². The van der Waals surface area contributed by atoms with Crippen LogP contribution in [0.4, 0.5) is 10.5 Å². The Kier molecular flexibility index (Phi) is 7.00. The molecule has 0 aliphatic rings. The molecule has 0 fully saturated rings. The maximum Gasteiger partial charge on any atom is 0.321 e. The van der Waals surface area contributed by atoms with Crippen LogP contribution in [0.5, 0.6) is 0 Å². The Bertz CT molecular complexity index is 425. The fourth-order valence-corrected chi connectivity index (χ4v) is 1.77. The number of rotatable bonds is 7. The summed E-state index contributed by atoms with van der Waals surface area (Å²) in [6.45, 7) is 0.893. The van der Waals surface area contributed by atoms with Crippen LogP contribution in [0, 0.1) is 0 Å². The van der Waals surface area contributed by atoms with E-state index >= 15 is 0 Å². The van der Waals surface area contributed by atoms with E-state index in [1.54, 1.807) is 20.2 Å². The molecular formula is C14H22N2O4. The summed E-state index contributed by atoms with van der Waals surface area (Å²) in [6, 6.07) is 7.14. The number of aliphatic hydroxyl groups is 1. The van der Waals surface area contributed by atoms with E-state index in [0.29, 0.717) is 12.3 Å². The van der Waals surface area contributed by atoms with Crippen LogP contribution in [0.1, 0.15) is 5.56 Å². The summed E-state index contributed by atoms with van der Waals surface area (Å²) in [5.41, 5.74) is 1.67. The summed E-state index contributed by atoms with van der Waals surface area (Å²) in [5.74, 6) is 0. The zero-order valence-electron chi connectivity index (χ0n) is 12.1. The van der Waals surface area contributed by atoms with Gasteiger partial charge in [-0.1, -0.05) is 12.1 Å². The van der Waals surface area contributed by atoms with Gasteiger partial charge in [-0.3, -0.25) is 0 Å². The van der Waals surface area contributed by atoms with Crippen molar-refractivity contribution < 1.29 is 19.4 Å². The summed E-state index contributed by atoms with van der Waals surface area (Å²) >= 11 is 0. The quantitative estimate of drug-likeness (QED) is 0.791. The largest absolute Gasteiger partial charge is 0.389 e. The third-order valence-electron chi connectivity index (χ3n) is 2.68. The van der Waals surface area contributed by atoms with Crippen LogP contribution >= 0.6 is 0 Å². The molecule has 20 heavy (non-hydrogen) atoms. The number of urea groups is 1. The number of anilines is 1. The van der Waals surface area contributed by atoms with E-state index in [2.05, 4.69) is 5.32 Å². The number of carbonyl (C=O) groups is 1. The molecule has 1 aromatic rings.